The summed E-state index contributed by atoms with van der Waals surface area (Å²) in [5.41, 5.74) is 0. The van der Waals surface area contributed by atoms with E-state index >= 15 is 0 Å². The molecule has 0 unspecified atom stereocenters. The van der Waals surface area contributed by atoms with Gasteiger partial charge in [0.05, 0.1) is 13.7 Å². The number of rotatable bonds is 7. The molecular weight excluding hydrogens is 198 g/mol. The van der Waals surface area contributed by atoms with Gasteiger partial charge in [0.1, 0.15) is 0 Å². The summed E-state index contributed by atoms with van der Waals surface area (Å²) in [7, 11) is 1.69. The lowest BCUT2D eigenvalue weighted by Crippen LogP contribution is -2.18. The number of thiophene rings is 1. The van der Waals surface area contributed by atoms with E-state index in [-0.39, 0.29) is 0 Å². The highest BCUT2D eigenvalue weighted by Gasteiger charge is 1.98. The summed E-state index contributed by atoms with van der Waals surface area (Å²) in [6, 6.07) is 4.07. The van der Waals surface area contributed by atoms with Crippen LogP contribution in [0.25, 0.3) is 0 Å². The average molecular weight is 215 g/mol. The minimum absolute atomic E-state index is 0.777. The third kappa shape index (κ3) is 4.09. The van der Waals surface area contributed by atoms with Crippen molar-refractivity contribution in [3.05, 3.63) is 17.0 Å². The van der Waals surface area contributed by atoms with E-state index in [2.05, 4.69) is 11.4 Å². The van der Waals surface area contributed by atoms with Crippen molar-refractivity contribution in [2.45, 2.75) is 13.5 Å². The van der Waals surface area contributed by atoms with Crippen LogP contribution in [0.1, 0.15) is 11.8 Å². The SMILES string of the molecule is CCOCCNCc1ccc(OC)s1. The van der Waals surface area contributed by atoms with Crippen molar-refractivity contribution in [3.63, 3.8) is 0 Å². The molecule has 80 valence electrons. The molecule has 4 heteroatoms. The number of nitrogens with one attached hydrogen (secondary N) is 1. The van der Waals surface area contributed by atoms with E-state index in [9.17, 15) is 0 Å². The molecule has 1 rings (SSSR count). The molecule has 0 saturated heterocycles. The molecule has 0 aliphatic heterocycles. The highest BCUT2D eigenvalue weighted by Crippen LogP contribution is 2.23. The maximum atomic E-state index is 5.21. The second-order valence-electron chi connectivity index (χ2n) is 2.80. The van der Waals surface area contributed by atoms with E-state index in [1.807, 2.05) is 13.0 Å². The summed E-state index contributed by atoms with van der Waals surface area (Å²) in [6.07, 6.45) is 0. The Hall–Kier alpha value is -0.580. The molecule has 0 saturated carbocycles. The normalized spacial score (nSPS) is 10.4. The maximum absolute atomic E-state index is 5.21. The molecule has 1 N–H and O–H groups in total. The van der Waals surface area contributed by atoms with Crippen LogP contribution >= 0.6 is 11.3 Å². The fraction of sp³-hybridized carbons (Fsp3) is 0.600. The van der Waals surface area contributed by atoms with Crippen LogP contribution in [0.5, 0.6) is 5.06 Å². The van der Waals surface area contributed by atoms with E-state index in [4.69, 9.17) is 9.47 Å². The summed E-state index contributed by atoms with van der Waals surface area (Å²) >= 11 is 1.67. The molecule has 0 radical (unpaired) electrons. The van der Waals surface area contributed by atoms with Gasteiger partial charge in [0, 0.05) is 24.6 Å². The Morgan fingerprint density at radius 1 is 1.43 bits per heavy atom. The topological polar surface area (TPSA) is 30.5 Å². The lowest BCUT2D eigenvalue weighted by atomic mass is 10.4. The fourth-order valence-corrected chi connectivity index (χ4v) is 1.85. The monoisotopic (exact) mass is 215 g/mol. The van der Waals surface area contributed by atoms with Gasteiger partial charge in [0.2, 0.25) is 0 Å². The lowest BCUT2D eigenvalue weighted by Gasteiger charge is -2.02. The summed E-state index contributed by atoms with van der Waals surface area (Å²) in [5, 5.41) is 4.27. The minimum atomic E-state index is 0.777. The van der Waals surface area contributed by atoms with E-state index in [1.54, 1.807) is 18.4 Å². The quantitative estimate of drug-likeness (QED) is 0.704. The van der Waals surface area contributed by atoms with Crippen LogP contribution in [0.4, 0.5) is 0 Å². The van der Waals surface area contributed by atoms with Crippen LogP contribution in [-0.4, -0.2) is 26.9 Å². The molecule has 0 aromatic carbocycles. The first-order valence-electron chi connectivity index (χ1n) is 4.78. The largest absolute Gasteiger partial charge is 0.487 e. The zero-order valence-corrected chi connectivity index (χ0v) is 9.52. The molecule has 1 aromatic heterocycles. The second kappa shape index (κ2) is 6.81. The van der Waals surface area contributed by atoms with Gasteiger partial charge in [0.25, 0.3) is 0 Å². The molecule has 3 nitrogen and oxygen atoms in total. The van der Waals surface area contributed by atoms with Gasteiger partial charge in [-0.25, -0.2) is 0 Å². The highest BCUT2D eigenvalue weighted by molar-refractivity contribution is 7.13. The van der Waals surface area contributed by atoms with Crippen molar-refractivity contribution < 1.29 is 9.47 Å². The molecule has 0 aliphatic carbocycles. The van der Waals surface area contributed by atoms with Gasteiger partial charge in [0.15, 0.2) is 5.06 Å². The van der Waals surface area contributed by atoms with Crippen LogP contribution < -0.4 is 10.1 Å². The molecule has 0 aliphatic rings. The van der Waals surface area contributed by atoms with E-state index < -0.39 is 0 Å². The van der Waals surface area contributed by atoms with Crippen molar-refractivity contribution in [2.24, 2.45) is 0 Å². The Kier molecular flexibility index (Phi) is 5.59. The molecule has 0 amide bonds. The van der Waals surface area contributed by atoms with Gasteiger partial charge in [-0.15, -0.1) is 11.3 Å². The number of hydrogen-bond donors (Lipinski definition) is 1. The van der Waals surface area contributed by atoms with Crippen molar-refractivity contribution in [3.8, 4) is 5.06 Å². The van der Waals surface area contributed by atoms with Gasteiger partial charge in [-0.1, -0.05) is 0 Å². The molecule has 0 bridgehead atoms. The fourth-order valence-electron chi connectivity index (χ4n) is 1.06. The van der Waals surface area contributed by atoms with E-state index in [0.717, 1.165) is 31.4 Å². The summed E-state index contributed by atoms with van der Waals surface area (Å²) in [5.74, 6) is 0. The third-order valence-electron chi connectivity index (χ3n) is 1.76. The first-order chi connectivity index (χ1) is 6.86. The van der Waals surface area contributed by atoms with Gasteiger partial charge in [-0.3, -0.25) is 0 Å². The molecule has 0 spiro atoms. The molecule has 1 aromatic rings. The van der Waals surface area contributed by atoms with Gasteiger partial charge in [-0.05, 0) is 19.1 Å². The first kappa shape index (κ1) is 11.5. The Morgan fingerprint density at radius 2 is 2.29 bits per heavy atom. The second-order valence-corrected chi connectivity index (χ2v) is 3.93. The van der Waals surface area contributed by atoms with Gasteiger partial charge < -0.3 is 14.8 Å². The summed E-state index contributed by atoms with van der Waals surface area (Å²) < 4.78 is 10.3. The predicted molar refractivity (Wildman–Crippen MR) is 59.1 cm³/mol. The van der Waals surface area contributed by atoms with Gasteiger partial charge in [-0.2, -0.15) is 0 Å². The Morgan fingerprint density at radius 3 is 2.93 bits per heavy atom. The van der Waals surface area contributed by atoms with E-state index in [0.29, 0.717) is 0 Å². The first-order valence-corrected chi connectivity index (χ1v) is 5.59. The number of methoxy groups -OCH3 is 1. The molecular formula is C10H17NO2S. The van der Waals surface area contributed by atoms with Crippen molar-refractivity contribution >= 4 is 11.3 Å². The summed E-state index contributed by atoms with van der Waals surface area (Å²) in [6.45, 7) is 5.35. The van der Waals surface area contributed by atoms with Crippen molar-refractivity contribution in [1.29, 1.82) is 0 Å². The molecule has 14 heavy (non-hydrogen) atoms. The van der Waals surface area contributed by atoms with Crippen LogP contribution in [0, 0.1) is 0 Å². The van der Waals surface area contributed by atoms with E-state index in [1.165, 1.54) is 4.88 Å². The predicted octanol–water partition coefficient (Wildman–Crippen LogP) is 1.88. The Labute approximate surface area is 89.0 Å². The zero-order chi connectivity index (χ0) is 10.2. The maximum Gasteiger partial charge on any atom is 0.173 e. The van der Waals surface area contributed by atoms with Crippen LogP contribution in [0.2, 0.25) is 0 Å². The average Bonchev–Trinajstić information content (AvgIpc) is 2.65. The van der Waals surface area contributed by atoms with Crippen molar-refractivity contribution in [1.82, 2.24) is 5.32 Å². The Bertz CT molecular complexity index is 250. The minimum Gasteiger partial charge on any atom is -0.487 e. The highest BCUT2D eigenvalue weighted by atomic mass is 32.1. The Balaban J connectivity index is 2.12. The lowest BCUT2D eigenvalue weighted by molar-refractivity contribution is 0.149. The van der Waals surface area contributed by atoms with Crippen molar-refractivity contribution in [2.75, 3.05) is 26.9 Å². The van der Waals surface area contributed by atoms with Gasteiger partial charge >= 0.3 is 0 Å². The summed E-state index contributed by atoms with van der Waals surface area (Å²) in [4.78, 5) is 1.29. The van der Waals surface area contributed by atoms with Crippen LogP contribution in [0.15, 0.2) is 12.1 Å². The standard InChI is InChI=1S/C10H17NO2S/c1-3-13-7-6-11-8-9-4-5-10(12-2)14-9/h4-5,11H,3,6-8H2,1-2H3. The number of hydrogen-bond acceptors (Lipinski definition) is 4. The molecule has 0 atom stereocenters. The number of ether oxygens (including phenoxy) is 2. The zero-order valence-electron chi connectivity index (χ0n) is 8.71. The third-order valence-corrected chi connectivity index (χ3v) is 2.81. The smallest absolute Gasteiger partial charge is 0.173 e. The van der Waals surface area contributed by atoms with Crippen LogP contribution in [-0.2, 0) is 11.3 Å². The molecule has 1 heterocycles. The van der Waals surface area contributed by atoms with Crippen LogP contribution in [0.3, 0.4) is 0 Å². The molecule has 0 fully saturated rings.